The summed E-state index contributed by atoms with van der Waals surface area (Å²) in [6, 6.07) is 23.8. The van der Waals surface area contributed by atoms with Crippen molar-refractivity contribution < 1.29 is 24.2 Å². The number of nitrogens with zero attached hydrogens (tertiary/aromatic N) is 4. The number of carboxylic acids is 1. The van der Waals surface area contributed by atoms with Crippen molar-refractivity contribution in [1.29, 1.82) is 0 Å². The van der Waals surface area contributed by atoms with Gasteiger partial charge in [0.05, 0.1) is 25.0 Å². The molecule has 1 aromatic heterocycles. The molecule has 11 heteroatoms. The highest BCUT2D eigenvalue weighted by Gasteiger charge is 2.17. The Balaban J connectivity index is 1.45. The number of benzene rings is 3. The number of methoxy groups -OCH3 is 1. The number of rotatable bonds is 11. The highest BCUT2D eigenvalue weighted by Crippen LogP contribution is 2.29. The van der Waals surface area contributed by atoms with Crippen LogP contribution in [0.25, 0.3) is 17.1 Å². The third-order valence-electron chi connectivity index (χ3n) is 4.99. The van der Waals surface area contributed by atoms with Crippen LogP contribution >= 0.6 is 11.8 Å². The fraction of sp³-hybridized carbons (Fsp3) is 0.115. The maximum atomic E-state index is 12.5. The van der Waals surface area contributed by atoms with Gasteiger partial charge in [-0.15, -0.1) is 10.2 Å². The number of hydrazone groups is 1. The van der Waals surface area contributed by atoms with E-state index < -0.39 is 12.6 Å². The van der Waals surface area contributed by atoms with E-state index in [2.05, 4.69) is 20.7 Å². The normalized spacial score (nSPS) is 10.8. The monoisotopic (exact) mass is 516 g/mol. The minimum Gasteiger partial charge on any atom is -0.546 e. The highest BCUT2D eigenvalue weighted by atomic mass is 32.2. The van der Waals surface area contributed by atoms with Crippen LogP contribution in [0, 0.1) is 0 Å². The van der Waals surface area contributed by atoms with Gasteiger partial charge in [0.2, 0.25) is 0 Å². The zero-order valence-electron chi connectivity index (χ0n) is 19.7. The Kier molecular flexibility index (Phi) is 8.50. The third kappa shape index (κ3) is 6.73. The molecule has 188 valence electrons. The fourth-order valence-corrected chi connectivity index (χ4v) is 4.04. The molecule has 37 heavy (non-hydrogen) atoms. The van der Waals surface area contributed by atoms with E-state index in [1.165, 1.54) is 18.0 Å². The Morgan fingerprint density at radius 1 is 1.03 bits per heavy atom. The SMILES string of the molecule is COc1ccc(-c2nnc(SCC(=O)N/N=C/c3ccccc3OCC(=O)[O-])n2-c2ccccc2)cc1. The average molecular weight is 517 g/mol. The van der Waals surface area contributed by atoms with E-state index in [9.17, 15) is 14.7 Å². The molecule has 0 atom stereocenters. The second-order valence-corrected chi connectivity index (χ2v) is 8.43. The van der Waals surface area contributed by atoms with Gasteiger partial charge in [-0.25, -0.2) is 5.43 Å². The summed E-state index contributed by atoms with van der Waals surface area (Å²) in [6.07, 6.45) is 1.38. The third-order valence-corrected chi connectivity index (χ3v) is 5.91. The van der Waals surface area contributed by atoms with Crippen molar-refractivity contribution in [2.75, 3.05) is 19.5 Å². The van der Waals surface area contributed by atoms with Gasteiger partial charge in [-0.1, -0.05) is 42.1 Å². The standard InChI is InChI=1S/C26H23N5O5S/c1-35-21-13-11-18(12-14-21)25-29-30-26(31(25)20-8-3-2-4-9-20)37-17-23(32)28-27-15-19-7-5-6-10-22(19)36-16-24(33)34/h2-15H,16-17H2,1H3,(H,28,32)(H,33,34)/p-1/b27-15+. The summed E-state index contributed by atoms with van der Waals surface area (Å²) in [6.45, 7) is -0.589. The minimum atomic E-state index is -1.34. The number of aliphatic carboxylic acids is 1. The van der Waals surface area contributed by atoms with E-state index in [-0.39, 0.29) is 11.7 Å². The summed E-state index contributed by atoms with van der Waals surface area (Å²) in [5, 5.41) is 23.8. The molecule has 0 bridgehead atoms. The van der Waals surface area contributed by atoms with E-state index >= 15 is 0 Å². The summed E-state index contributed by atoms with van der Waals surface area (Å²) < 4.78 is 12.3. The molecular formula is C26H22N5O5S-. The molecule has 0 aliphatic rings. The molecule has 3 aromatic carbocycles. The number of carbonyl (C=O) groups excluding carboxylic acids is 2. The molecule has 1 heterocycles. The van der Waals surface area contributed by atoms with Gasteiger partial charge in [-0.05, 0) is 48.5 Å². The molecule has 0 spiro atoms. The fourth-order valence-electron chi connectivity index (χ4n) is 3.29. The lowest BCUT2D eigenvalue weighted by atomic mass is 10.2. The average Bonchev–Trinajstić information content (AvgIpc) is 3.36. The van der Waals surface area contributed by atoms with Crippen molar-refractivity contribution >= 4 is 29.9 Å². The summed E-state index contributed by atoms with van der Waals surface area (Å²) in [7, 11) is 1.61. The van der Waals surface area contributed by atoms with Gasteiger partial charge in [0.25, 0.3) is 5.91 Å². The number of carbonyl (C=O) groups is 2. The van der Waals surface area contributed by atoms with Gasteiger partial charge in [0.1, 0.15) is 18.1 Å². The summed E-state index contributed by atoms with van der Waals surface area (Å²) in [5.74, 6) is 0.00495. The number of hydrogen-bond donors (Lipinski definition) is 1. The van der Waals surface area contributed by atoms with Crippen molar-refractivity contribution in [1.82, 2.24) is 20.2 Å². The van der Waals surface area contributed by atoms with Gasteiger partial charge >= 0.3 is 0 Å². The Labute approximate surface area is 217 Å². The van der Waals surface area contributed by atoms with Crippen molar-refractivity contribution in [3.63, 3.8) is 0 Å². The van der Waals surface area contributed by atoms with E-state index in [0.717, 1.165) is 17.0 Å². The van der Waals surface area contributed by atoms with Crippen molar-refractivity contribution in [2.24, 2.45) is 5.10 Å². The molecule has 0 unspecified atom stereocenters. The molecule has 0 aliphatic heterocycles. The zero-order valence-corrected chi connectivity index (χ0v) is 20.6. The summed E-state index contributed by atoms with van der Waals surface area (Å²) in [4.78, 5) is 23.1. The quantitative estimate of drug-likeness (QED) is 0.183. The number of aromatic nitrogens is 3. The van der Waals surface area contributed by atoms with Crippen molar-refractivity contribution in [2.45, 2.75) is 5.16 Å². The molecule has 0 saturated heterocycles. The van der Waals surface area contributed by atoms with Crippen LogP contribution < -0.4 is 20.0 Å². The van der Waals surface area contributed by atoms with Crippen molar-refractivity contribution in [3.05, 3.63) is 84.4 Å². The predicted molar refractivity (Wildman–Crippen MR) is 137 cm³/mol. The van der Waals surface area contributed by atoms with E-state index in [0.29, 0.717) is 22.3 Å². The number of para-hydroxylation sites is 2. The van der Waals surface area contributed by atoms with Crippen LogP contribution in [0.4, 0.5) is 0 Å². The lowest BCUT2D eigenvalue weighted by Crippen LogP contribution is -2.29. The minimum absolute atomic E-state index is 0.0355. The molecule has 0 radical (unpaired) electrons. The van der Waals surface area contributed by atoms with Crippen LogP contribution in [0.2, 0.25) is 0 Å². The maximum Gasteiger partial charge on any atom is 0.250 e. The van der Waals surface area contributed by atoms with Gasteiger partial charge < -0.3 is 19.4 Å². The largest absolute Gasteiger partial charge is 0.546 e. The number of carboxylic acid groups (broad SMARTS) is 1. The van der Waals surface area contributed by atoms with Crippen LogP contribution in [0.15, 0.2) is 89.1 Å². The van der Waals surface area contributed by atoms with E-state index in [4.69, 9.17) is 9.47 Å². The van der Waals surface area contributed by atoms with Crippen LogP contribution in [0.5, 0.6) is 11.5 Å². The molecule has 4 rings (SSSR count). The first-order valence-corrected chi connectivity index (χ1v) is 12.1. The van der Waals surface area contributed by atoms with Crippen LogP contribution in [-0.2, 0) is 9.59 Å². The summed E-state index contributed by atoms with van der Waals surface area (Å²) >= 11 is 1.22. The van der Waals surface area contributed by atoms with E-state index in [1.807, 2.05) is 59.2 Å². The molecule has 1 N–H and O–H groups in total. The first-order valence-electron chi connectivity index (χ1n) is 11.1. The number of thioether (sulfide) groups is 1. The topological polar surface area (TPSA) is 131 Å². The predicted octanol–water partition coefficient (Wildman–Crippen LogP) is 2.31. The van der Waals surface area contributed by atoms with Crippen LogP contribution in [0.3, 0.4) is 0 Å². The Hall–Kier alpha value is -4.64. The van der Waals surface area contributed by atoms with Crippen LogP contribution in [-0.4, -0.2) is 52.3 Å². The molecule has 10 nitrogen and oxygen atoms in total. The first-order chi connectivity index (χ1) is 18.0. The van der Waals surface area contributed by atoms with Gasteiger partial charge in [-0.2, -0.15) is 5.10 Å². The lowest BCUT2D eigenvalue weighted by molar-refractivity contribution is -0.307. The van der Waals surface area contributed by atoms with Gasteiger partial charge in [0, 0.05) is 16.8 Å². The number of nitrogens with one attached hydrogen (secondary N) is 1. The van der Waals surface area contributed by atoms with Crippen LogP contribution in [0.1, 0.15) is 5.56 Å². The molecule has 1 amide bonds. The number of amides is 1. The first kappa shape index (κ1) is 25.5. The van der Waals surface area contributed by atoms with Crippen molar-refractivity contribution in [3.8, 4) is 28.6 Å². The molecule has 0 fully saturated rings. The highest BCUT2D eigenvalue weighted by molar-refractivity contribution is 7.99. The zero-order chi connectivity index (χ0) is 26.0. The Morgan fingerprint density at radius 2 is 1.76 bits per heavy atom. The van der Waals surface area contributed by atoms with Gasteiger partial charge in [0.15, 0.2) is 11.0 Å². The van der Waals surface area contributed by atoms with Gasteiger partial charge in [-0.3, -0.25) is 9.36 Å². The lowest BCUT2D eigenvalue weighted by Gasteiger charge is -2.10. The number of ether oxygens (including phenoxy) is 2. The Morgan fingerprint density at radius 3 is 2.49 bits per heavy atom. The second kappa shape index (κ2) is 12.4. The molecular weight excluding hydrogens is 494 g/mol. The molecule has 0 saturated carbocycles. The summed E-state index contributed by atoms with van der Waals surface area (Å²) in [5.41, 5.74) is 4.66. The maximum absolute atomic E-state index is 12.5. The smallest absolute Gasteiger partial charge is 0.250 e. The van der Waals surface area contributed by atoms with E-state index in [1.54, 1.807) is 31.4 Å². The molecule has 4 aromatic rings. The number of hydrogen-bond acceptors (Lipinski definition) is 9. The second-order valence-electron chi connectivity index (χ2n) is 7.49. The Bertz CT molecular complexity index is 1390. The molecule has 0 aliphatic carbocycles.